The van der Waals surface area contributed by atoms with Gasteiger partial charge in [-0.15, -0.1) is 0 Å². The third-order valence-electron chi connectivity index (χ3n) is 3.48. The molecule has 0 spiro atoms. The second kappa shape index (κ2) is 5.85. The van der Waals surface area contributed by atoms with Crippen molar-refractivity contribution in [3.8, 4) is 0 Å². The Balaban J connectivity index is 2.01. The Bertz CT molecular complexity index is 369. The average Bonchev–Trinajstić information content (AvgIpc) is 2.32. The summed E-state index contributed by atoms with van der Waals surface area (Å²) in [4.78, 5) is 0. The van der Waals surface area contributed by atoms with Crippen LogP contribution in [0.3, 0.4) is 0 Å². The first-order valence-electron chi connectivity index (χ1n) is 6.26. The van der Waals surface area contributed by atoms with Gasteiger partial charge in [0, 0.05) is 23.7 Å². The summed E-state index contributed by atoms with van der Waals surface area (Å²) >= 11 is 6.21. The van der Waals surface area contributed by atoms with E-state index in [2.05, 4.69) is 25.2 Å². The van der Waals surface area contributed by atoms with Gasteiger partial charge in [0.05, 0.1) is 6.61 Å². The van der Waals surface area contributed by atoms with Crippen LogP contribution < -0.4 is 5.32 Å². The smallest absolute Gasteiger partial charge is 0.0506 e. The lowest BCUT2D eigenvalue weighted by atomic mass is 9.96. The number of ether oxygens (including phenoxy) is 1. The predicted octanol–water partition coefficient (Wildman–Crippen LogP) is 3.42. The molecular weight excluding hydrogens is 234 g/mol. The molecule has 3 heteroatoms. The zero-order chi connectivity index (χ0) is 12.3. The molecule has 1 fully saturated rings. The first-order chi connectivity index (χ1) is 8.18. The molecule has 1 saturated heterocycles. The van der Waals surface area contributed by atoms with Gasteiger partial charge >= 0.3 is 0 Å². The summed E-state index contributed by atoms with van der Waals surface area (Å²) in [5.74, 6) is 0.564. The molecule has 17 heavy (non-hydrogen) atoms. The van der Waals surface area contributed by atoms with Gasteiger partial charge in [0.15, 0.2) is 0 Å². The van der Waals surface area contributed by atoms with Crippen LogP contribution in [0.4, 0.5) is 0 Å². The van der Waals surface area contributed by atoms with E-state index < -0.39 is 0 Å². The molecule has 0 aliphatic carbocycles. The molecule has 1 N–H and O–H groups in total. The van der Waals surface area contributed by atoms with E-state index in [0.717, 1.165) is 24.7 Å². The van der Waals surface area contributed by atoms with Crippen molar-refractivity contribution >= 4 is 11.6 Å². The SMILES string of the molecule is CC1COCCC1N[C@@H](C)c1ccccc1Cl. The van der Waals surface area contributed by atoms with Crippen molar-refractivity contribution in [3.63, 3.8) is 0 Å². The molecule has 3 atom stereocenters. The lowest BCUT2D eigenvalue weighted by Gasteiger charge is -2.32. The topological polar surface area (TPSA) is 21.3 Å². The van der Waals surface area contributed by atoms with Gasteiger partial charge in [-0.3, -0.25) is 0 Å². The normalized spacial score (nSPS) is 26.8. The van der Waals surface area contributed by atoms with Gasteiger partial charge in [-0.1, -0.05) is 36.7 Å². The summed E-state index contributed by atoms with van der Waals surface area (Å²) in [5.41, 5.74) is 1.17. The van der Waals surface area contributed by atoms with Crippen LogP contribution in [0.1, 0.15) is 31.9 Å². The molecule has 0 amide bonds. The second-order valence-corrected chi connectivity index (χ2v) is 5.26. The summed E-state index contributed by atoms with van der Waals surface area (Å²) in [6.45, 7) is 6.11. The molecular formula is C14H20ClNO. The van der Waals surface area contributed by atoms with Gasteiger partial charge in [-0.25, -0.2) is 0 Å². The number of halogens is 1. The van der Waals surface area contributed by atoms with Crippen LogP contribution in [0.15, 0.2) is 24.3 Å². The van der Waals surface area contributed by atoms with Gasteiger partial charge in [0.2, 0.25) is 0 Å². The molecule has 94 valence electrons. The molecule has 1 aliphatic rings. The van der Waals surface area contributed by atoms with Crippen LogP contribution in [0.25, 0.3) is 0 Å². The van der Waals surface area contributed by atoms with Crippen molar-refractivity contribution < 1.29 is 4.74 Å². The zero-order valence-corrected chi connectivity index (χ0v) is 11.2. The van der Waals surface area contributed by atoms with Crippen LogP contribution >= 0.6 is 11.6 Å². The molecule has 2 rings (SSSR count). The fraction of sp³-hybridized carbons (Fsp3) is 0.571. The Labute approximate surface area is 108 Å². The van der Waals surface area contributed by atoms with E-state index in [1.807, 2.05) is 18.2 Å². The molecule has 2 nitrogen and oxygen atoms in total. The van der Waals surface area contributed by atoms with Gasteiger partial charge in [0.25, 0.3) is 0 Å². The van der Waals surface area contributed by atoms with Crippen molar-refractivity contribution in [2.75, 3.05) is 13.2 Å². The summed E-state index contributed by atoms with van der Waals surface area (Å²) < 4.78 is 5.46. The first kappa shape index (κ1) is 12.9. The maximum Gasteiger partial charge on any atom is 0.0506 e. The quantitative estimate of drug-likeness (QED) is 0.891. The maximum absolute atomic E-state index is 6.21. The Morgan fingerprint density at radius 1 is 1.41 bits per heavy atom. The molecule has 1 aromatic rings. The number of hydrogen-bond donors (Lipinski definition) is 1. The Morgan fingerprint density at radius 2 is 2.18 bits per heavy atom. The molecule has 2 unspecified atom stereocenters. The van der Waals surface area contributed by atoms with Crippen molar-refractivity contribution in [2.45, 2.75) is 32.4 Å². The highest BCUT2D eigenvalue weighted by Gasteiger charge is 2.23. The molecule has 0 bridgehead atoms. The highest BCUT2D eigenvalue weighted by atomic mass is 35.5. The Morgan fingerprint density at radius 3 is 2.88 bits per heavy atom. The fourth-order valence-electron chi connectivity index (χ4n) is 2.36. The molecule has 0 aromatic heterocycles. The summed E-state index contributed by atoms with van der Waals surface area (Å²) in [6.07, 6.45) is 1.08. The zero-order valence-electron chi connectivity index (χ0n) is 10.4. The van der Waals surface area contributed by atoms with E-state index in [1.54, 1.807) is 0 Å². The number of nitrogens with one attached hydrogen (secondary N) is 1. The lowest BCUT2D eigenvalue weighted by molar-refractivity contribution is 0.0363. The average molecular weight is 254 g/mol. The minimum atomic E-state index is 0.286. The maximum atomic E-state index is 6.21. The van der Waals surface area contributed by atoms with Gasteiger partial charge in [0.1, 0.15) is 0 Å². The van der Waals surface area contributed by atoms with Crippen LogP contribution in [0.5, 0.6) is 0 Å². The molecule has 1 heterocycles. The van der Waals surface area contributed by atoms with Crippen LogP contribution in [-0.2, 0) is 4.74 Å². The largest absolute Gasteiger partial charge is 0.381 e. The van der Waals surface area contributed by atoms with Crippen molar-refractivity contribution in [1.82, 2.24) is 5.32 Å². The molecule has 1 aliphatic heterocycles. The lowest BCUT2D eigenvalue weighted by Crippen LogP contribution is -2.42. The standard InChI is InChI=1S/C14H20ClNO/c1-10-9-17-8-7-14(10)16-11(2)12-5-3-4-6-13(12)15/h3-6,10-11,14,16H,7-9H2,1-2H3/t10?,11-,14?/m0/s1. The number of rotatable bonds is 3. The Kier molecular flexibility index (Phi) is 4.43. The van der Waals surface area contributed by atoms with E-state index in [4.69, 9.17) is 16.3 Å². The van der Waals surface area contributed by atoms with Gasteiger partial charge < -0.3 is 10.1 Å². The molecule has 1 aromatic carbocycles. The highest BCUT2D eigenvalue weighted by molar-refractivity contribution is 6.31. The summed E-state index contributed by atoms with van der Waals surface area (Å²) in [7, 11) is 0. The van der Waals surface area contributed by atoms with Crippen LogP contribution in [0, 0.1) is 5.92 Å². The highest BCUT2D eigenvalue weighted by Crippen LogP contribution is 2.24. The summed E-state index contributed by atoms with van der Waals surface area (Å²) in [5, 5.41) is 4.50. The van der Waals surface area contributed by atoms with Crippen molar-refractivity contribution in [1.29, 1.82) is 0 Å². The minimum Gasteiger partial charge on any atom is -0.381 e. The Hall–Kier alpha value is -0.570. The third kappa shape index (κ3) is 3.21. The van der Waals surface area contributed by atoms with Crippen LogP contribution in [-0.4, -0.2) is 19.3 Å². The summed E-state index contributed by atoms with van der Waals surface area (Å²) in [6, 6.07) is 8.85. The van der Waals surface area contributed by atoms with E-state index in [9.17, 15) is 0 Å². The van der Waals surface area contributed by atoms with Crippen molar-refractivity contribution in [2.24, 2.45) is 5.92 Å². The van der Waals surface area contributed by atoms with Crippen LogP contribution in [0.2, 0.25) is 5.02 Å². The van der Waals surface area contributed by atoms with E-state index in [-0.39, 0.29) is 6.04 Å². The fourth-order valence-corrected chi connectivity index (χ4v) is 2.66. The minimum absolute atomic E-state index is 0.286. The number of benzene rings is 1. The second-order valence-electron chi connectivity index (χ2n) is 4.86. The first-order valence-corrected chi connectivity index (χ1v) is 6.64. The monoisotopic (exact) mass is 253 g/mol. The van der Waals surface area contributed by atoms with Gasteiger partial charge in [-0.05, 0) is 30.9 Å². The van der Waals surface area contributed by atoms with Gasteiger partial charge in [-0.2, -0.15) is 0 Å². The third-order valence-corrected chi connectivity index (χ3v) is 3.82. The van der Waals surface area contributed by atoms with E-state index in [1.165, 1.54) is 5.56 Å². The number of hydrogen-bond acceptors (Lipinski definition) is 2. The molecule has 0 saturated carbocycles. The van der Waals surface area contributed by atoms with Crippen molar-refractivity contribution in [3.05, 3.63) is 34.9 Å². The van der Waals surface area contributed by atoms with E-state index >= 15 is 0 Å². The van der Waals surface area contributed by atoms with E-state index in [0.29, 0.717) is 12.0 Å². The predicted molar refractivity (Wildman–Crippen MR) is 71.4 cm³/mol. The molecule has 0 radical (unpaired) electrons.